The van der Waals surface area contributed by atoms with Gasteiger partial charge in [-0.15, -0.1) is 0 Å². The highest BCUT2D eigenvalue weighted by molar-refractivity contribution is 7.89. The van der Waals surface area contributed by atoms with E-state index in [2.05, 4.69) is 23.5 Å². The van der Waals surface area contributed by atoms with Crippen molar-refractivity contribution in [1.82, 2.24) is 9.62 Å². The van der Waals surface area contributed by atoms with Gasteiger partial charge in [0, 0.05) is 25.7 Å². The first-order valence-electron chi connectivity index (χ1n) is 6.84. The summed E-state index contributed by atoms with van der Waals surface area (Å²) >= 11 is 0. The van der Waals surface area contributed by atoms with Gasteiger partial charge in [-0.2, -0.15) is 0 Å². The first-order chi connectivity index (χ1) is 8.50. The molecule has 2 rings (SSSR count). The molecule has 3 atom stereocenters. The fourth-order valence-electron chi connectivity index (χ4n) is 2.78. The average molecular weight is 276 g/mol. The van der Waals surface area contributed by atoms with Crippen LogP contribution in [0, 0.1) is 5.92 Å². The summed E-state index contributed by atoms with van der Waals surface area (Å²) in [6.45, 7) is 7.69. The average Bonchev–Trinajstić information content (AvgIpc) is 2.88. The maximum atomic E-state index is 12.1. The van der Waals surface area contributed by atoms with Crippen molar-refractivity contribution in [3.05, 3.63) is 0 Å². The van der Waals surface area contributed by atoms with Crippen molar-refractivity contribution < 1.29 is 13.2 Å². The van der Waals surface area contributed by atoms with Crippen LogP contribution in [0.25, 0.3) is 0 Å². The van der Waals surface area contributed by atoms with Gasteiger partial charge in [-0.25, -0.2) is 13.1 Å². The Hall–Kier alpha value is -0.170. The zero-order chi connectivity index (χ0) is 13.2. The molecule has 106 valence electrons. The van der Waals surface area contributed by atoms with Gasteiger partial charge >= 0.3 is 0 Å². The van der Waals surface area contributed by atoms with E-state index >= 15 is 0 Å². The number of likely N-dealkylation sites (tertiary alicyclic amines) is 1. The van der Waals surface area contributed by atoms with E-state index in [9.17, 15) is 8.42 Å². The molecule has 18 heavy (non-hydrogen) atoms. The van der Waals surface area contributed by atoms with Gasteiger partial charge in [0.25, 0.3) is 0 Å². The van der Waals surface area contributed by atoms with Crippen molar-refractivity contribution in [2.45, 2.75) is 38.8 Å². The minimum Gasteiger partial charge on any atom is -0.377 e. The molecule has 0 aliphatic carbocycles. The van der Waals surface area contributed by atoms with Crippen molar-refractivity contribution in [3.63, 3.8) is 0 Å². The van der Waals surface area contributed by atoms with Crippen LogP contribution in [0.3, 0.4) is 0 Å². The molecular weight excluding hydrogens is 252 g/mol. The molecule has 0 aromatic rings. The van der Waals surface area contributed by atoms with Gasteiger partial charge in [-0.05, 0) is 25.3 Å². The van der Waals surface area contributed by atoms with E-state index in [0.29, 0.717) is 12.5 Å². The first-order valence-corrected chi connectivity index (χ1v) is 8.49. The van der Waals surface area contributed by atoms with Gasteiger partial charge < -0.3 is 9.64 Å². The highest BCUT2D eigenvalue weighted by atomic mass is 32.2. The van der Waals surface area contributed by atoms with Gasteiger partial charge in [-0.1, -0.05) is 13.8 Å². The lowest BCUT2D eigenvalue weighted by Gasteiger charge is -2.18. The molecule has 2 fully saturated rings. The minimum atomic E-state index is -3.21. The Morgan fingerprint density at radius 1 is 1.39 bits per heavy atom. The van der Waals surface area contributed by atoms with Gasteiger partial charge in [0.2, 0.25) is 10.0 Å². The summed E-state index contributed by atoms with van der Waals surface area (Å²) < 4.78 is 32.4. The summed E-state index contributed by atoms with van der Waals surface area (Å²) in [5, 5.41) is 0. The highest BCUT2D eigenvalue weighted by Gasteiger charge is 2.33. The largest absolute Gasteiger partial charge is 0.377 e. The lowest BCUT2D eigenvalue weighted by atomic mass is 10.1. The molecule has 0 saturated carbocycles. The third kappa shape index (κ3) is 3.66. The molecule has 0 aromatic heterocycles. The van der Waals surface area contributed by atoms with E-state index in [1.807, 2.05) is 0 Å². The number of hydrogen-bond acceptors (Lipinski definition) is 4. The summed E-state index contributed by atoms with van der Waals surface area (Å²) in [6.07, 6.45) is 1.73. The van der Waals surface area contributed by atoms with E-state index in [1.54, 1.807) is 0 Å². The molecule has 6 heteroatoms. The molecule has 2 aliphatic rings. The van der Waals surface area contributed by atoms with Crippen LogP contribution in [0.2, 0.25) is 0 Å². The van der Waals surface area contributed by atoms with E-state index in [4.69, 9.17) is 4.74 Å². The second-order valence-corrected chi connectivity index (χ2v) is 7.27. The Morgan fingerprint density at radius 2 is 2.17 bits per heavy atom. The molecule has 0 unspecified atom stereocenters. The number of likely N-dealkylation sites (N-methyl/N-ethyl adjacent to an activating group) is 1. The summed E-state index contributed by atoms with van der Waals surface area (Å²) in [4.78, 5) is 2.28. The topological polar surface area (TPSA) is 58.6 Å². The predicted molar refractivity (Wildman–Crippen MR) is 71.0 cm³/mol. The Bertz CT molecular complexity index is 366. The van der Waals surface area contributed by atoms with Crippen LogP contribution >= 0.6 is 0 Å². The standard InChI is InChI=1S/C12H24N2O3S/c1-3-14-7-10(2)12(8-14)13-18(15,16)9-11-5-4-6-17-11/h10-13H,3-9H2,1-2H3/t10-,11-,12-/m0/s1. The number of hydrogen-bond donors (Lipinski definition) is 1. The number of nitrogens with zero attached hydrogens (tertiary/aromatic N) is 1. The zero-order valence-corrected chi connectivity index (χ0v) is 12.1. The van der Waals surface area contributed by atoms with Crippen molar-refractivity contribution in [3.8, 4) is 0 Å². The number of rotatable bonds is 5. The smallest absolute Gasteiger partial charge is 0.214 e. The molecule has 0 amide bonds. The van der Waals surface area contributed by atoms with E-state index in [1.165, 1.54) is 0 Å². The summed E-state index contributed by atoms with van der Waals surface area (Å²) in [5.74, 6) is 0.492. The molecule has 0 aromatic carbocycles. The Labute approximate surface area is 110 Å². The van der Waals surface area contributed by atoms with E-state index in [-0.39, 0.29) is 17.9 Å². The maximum absolute atomic E-state index is 12.1. The lowest BCUT2D eigenvalue weighted by Crippen LogP contribution is -2.42. The van der Waals surface area contributed by atoms with E-state index < -0.39 is 10.0 Å². The van der Waals surface area contributed by atoms with Crippen LogP contribution in [-0.4, -0.2) is 57.5 Å². The third-order valence-corrected chi connectivity index (χ3v) is 5.37. The molecule has 2 saturated heterocycles. The Balaban J connectivity index is 1.87. The van der Waals surface area contributed by atoms with Gasteiger partial charge in [0.1, 0.15) is 0 Å². The molecule has 0 radical (unpaired) electrons. The van der Waals surface area contributed by atoms with Crippen molar-refractivity contribution >= 4 is 10.0 Å². The van der Waals surface area contributed by atoms with Crippen LogP contribution in [0.5, 0.6) is 0 Å². The number of nitrogens with one attached hydrogen (secondary N) is 1. The monoisotopic (exact) mass is 276 g/mol. The lowest BCUT2D eigenvalue weighted by molar-refractivity contribution is 0.127. The quantitative estimate of drug-likeness (QED) is 0.791. The van der Waals surface area contributed by atoms with Crippen LogP contribution in [0.4, 0.5) is 0 Å². The predicted octanol–water partition coefficient (Wildman–Crippen LogP) is 0.425. The number of sulfonamides is 1. The summed E-state index contributed by atoms with van der Waals surface area (Å²) in [7, 11) is -3.21. The van der Waals surface area contributed by atoms with Gasteiger partial charge in [-0.3, -0.25) is 0 Å². The van der Waals surface area contributed by atoms with Gasteiger partial charge in [0.05, 0.1) is 11.9 Å². The molecule has 2 heterocycles. The molecule has 0 bridgehead atoms. The molecule has 2 aliphatic heterocycles. The third-order valence-electron chi connectivity index (χ3n) is 3.90. The van der Waals surface area contributed by atoms with Crippen molar-refractivity contribution in [2.24, 2.45) is 5.92 Å². The minimum absolute atomic E-state index is 0.0522. The van der Waals surface area contributed by atoms with Crippen LogP contribution in [0.1, 0.15) is 26.7 Å². The van der Waals surface area contributed by atoms with Crippen LogP contribution < -0.4 is 4.72 Å². The first kappa shape index (κ1) is 14.2. The molecule has 0 spiro atoms. The zero-order valence-electron chi connectivity index (χ0n) is 11.3. The van der Waals surface area contributed by atoms with Crippen molar-refractivity contribution in [1.29, 1.82) is 0 Å². The van der Waals surface area contributed by atoms with Gasteiger partial charge in [0.15, 0.2) is 0 Å². The second kappa shape index (κ2) is 5.86. The Morgan fingerprint density at radius 3 is 2.72 bits per heavy atom. The van der Waals surface area contributed by atoms with Crippen molar-refractivity contribution in [2.75, 3.05) is 32.0 Å². The van der Waals surface area contributed by atoms with Crippen LogP contribution in [0.15, 0.2) is 0 Å². The Kier molecular flexibility index (Phi) is 4.64. The molecular formula is C12H24N2O3S. The van der Waals surface area contributed by atoms with E-state index in [0.717, 1.165) is 32.5 Å². The normalized spacial score (nSPS) is 34.2. The SMILES string of the molecule is CCN1C[C@H](NS(=O)(=O)C[C@@H]2CCCO2)[C@@H](C)C1. The number of ether oxygens (including phenoxy) is 1. The fraction of sp³-hybridized carbons (Fsp3) is 1.00. The van der Waals surface area contributed by atoms with Crippen LogP contribution in [-0.2, 0) is 14.8 Å². The maximum Gasteiger partial charge on any atom is 0.214 e. The molecule has 5 nitrogen and oxygen atoms in total. The fourth-order valence-corrected chi connectivity index (χ4v) is 4.39. The highest BCUT2D eigenvalue weighted by Crippen LogP contribution is 2.18. The second-order valence-electron chi connectivity index (χ2n) is 5.47. The summed E-state index contributed by atoms with van der Waals surface area (Å²) in [5.41, 5.74) is 0. The molecule has 1 N–H and O–H groups in total. The summed E-state index contributed by atoms with van der Waals surface area (Å²) in [6, 6.07) is 0.0522.